The Morgan fingerprint density at radius 2 is 1.76 bits per heavy atom. The molecule has 0 aliphatic heterocycles. The third-order valence-electron chi connectivity index (χ3n) is 3.72. The minimum absolute atomic E-state index is 0.0234. The van der Waals surface area contributed by atoms with Crippen molar-refractivity contribution in [2.24, 2.45) is 0 Å². The Morgan fingerprint density at radius 1 is 1.10 bits per heavy atom. The van der Waals surface area contributed by atoms with Gasteiger partial charge >= 0.3 is 0 Å². The van der Waals surface area contributed by atoms with Crippen molar-refractivity contribution in [2.75, 3.05) is 14.2 Å². The molecule has 0 fully saturated rings. The van der Waals surface area contributed by atoms with Crippen LogP contribution in [0.2, 0.25) is 0 Å². The van der Waals surface area contributed by atoms with E-state index in [1.54, 1.807) is 24.3 Å². The predicted octanol–water partition coefficient (Wildman–Crippen LogP) is 3.44. The van der Waals surface area contributed by atoms with Gasteiger partial charge in [-0.15, -0.1) is 0 Å². The van der Waals surface area contributed by atoms with E-state index >= 15 is 0 Å². The molecule has 2 aromatic carbocycles. The predicted molar refractivity (Wildman–Crippen MR) is 74.0 cm³/mol. The molecule has 0 bridgehead atoms. The fourth-order valence-electron chi connectivity index (χ4n) is 2.57. The zero-order valence-electron chi connectivity index (χ0n) is 11.6. The molecular weight excluding hydrogens is 276 g/mol. The highest BCUT2D eigenvalue weighted by Crippen LogP contribution is 2.50. The van der Waals surface area contributed by atoms with Gasteiger partial charge in [0.15, 0.2) is 0 Å². The van der Waals surface area contributed by atoms with Crippen molar-refractivity contribution in [3.8, 4) is 11.1 Å². The van der Waals surface area contributed by atoms with Crippen LogP contribution in [0.3, 0.4) is 0 Å². The van der Waals surface area contributed by atoms with Gasteiger partial charge in [-0.25, -0.2) is 5.06 Å². The summed E-state index contributed by atoms with van der Waals surface area (Å²) in [5.74, 6) is -3.56. The number of fused-ring (bicyclic) bond motifs is 3. The molecule has 0 atom stereocenters. The third kappa shape index (κ3) is 1.93. The molecule has 0 heterocycles. The first-order valence-electron chi connectivity index (χ1n) is 6.41. The Bertz CT molecular complexity index is 728. The standard InChI is InChI=1S/C16H13F2NO2/c1-19(21-2)15(20)10-7-8-12-11-5-3-4-6-13(11)16(17,18)14(12)9-10/h3-9H,1-2H3. The first-order chi connectivity index (χ1) is 9.96. The first-order valence-corrected chi connectivity index (χ1v) is 6.41. The van der Waals surface area contributed by atoms with Gasteiger partial charge in [0.05, 0.1) is 7.11 Å². The lowest BCUT2D eigenvalue weighted by Crippen LogP contribution is -2.25. The zero-order valence-corrected chi connectivity index (χ0v) is 11.6. The smallest absolute Gasteiger partial charge is 0.274 e. The first kappa shape index (κ1) is 13.7. The van der Waals surface area contributed by atoms with Gasteiger partial charge in [-0.3, -0.25) is 9.63 Å². The van der Waals surface area contributed by atoms with Gasteiger partial charge in [-0.1, -0.05) is 30.3 Å². The van der Waals surface area contributed by atoms with E-state index in [4.69, 9.17) is 4.84 Å². The number of alkyl halides is 2. The third-order valence-corrected chi connectivity index (χ3v) is 3.72. The summed E-state index contributed by atoms with van der Waals surface area (Å²) in [4.78, 5) is 16.8. The van der Waals surface area contributed by atoms with Crippen molar-refractivity contribution in [2.45, 2.75) is 5.92 Å². The molecule has 2 aromatic rings. The Balaban J connectivity index is 2.14. The molecule has 0 N–H and O–H groups in total. The molecule has 21 heavy (non-hydrogen) atoms. The minimum Gasteiger partial charge on any atom is -0.274 e. The summed E-state index contributed by atoms with van der Waals surface area (Å²) in [6.45, 7) is 0. The van der Waals surface area contributed by atoms with E-state index in [0.29, 0.717) is 11.1 Å². The van der Waals surface area contributed by atoms with Crippen LogP contribution in [0.25, 0.3) is 11.1 Å². The van der Waals surface area contributed by atoms with Crippen LogP contribution in [0.1, 0.15) is 21.5 Å². The number of rotatable bonds is 2. The summed E-state index contributed by atoms with van der Waals surface area (Å²) in [5.41, 5.74) is 0.984. The molecule has 0 saturated carbocycles. The van der Waals surface area contributed by atoms with E-state index in [1.807, 2.05) is 0 Å². The second kappa shape index (κ2) is 4.63. The zero-order chi connectivity index (χ0) is 15.2. The van der Waals surface area contributed by atoms with Crippen molar-refractivity contribution in [3.63, 3.8) is 0 Å². The summed E-state index contributed by atoms with van der Waals surface area (Å²) in [6.07, 6.45) is 0. The van der Waals surface area contributed by atoms with Crippen LogP contribution in [-0.2, 0) is 10.8 Å². The van der Waals surface area contributed by atoms with E-state index < -0.39 is 11.8 Å². The van der Waals surface area contributed by atoms with Gasteiger partial charge < -0.3 is 0 Å². The van der Waals surface area contributed by atoms with Gasteiger partial charge in [0.1, 0.15) is 0 Å². The van der Waals surface area contributed by atoms with E-state index in [0.717, 1.165) is 5.06 Å². The molecule has 1 aliphatic carbocycles. The Kier molecular flexibility index (Phi) is 3.02. The van der Waals surface area contributed by atoms with Crippen LogP contribution < -0.4 is 0 Å². The maximum Gasteiger partial charge on any atom is 0.299 e. The SMILES string of the molecule is CON(C)C(=O)c1ccc2c(c1)C(F)(F)c1ccccc1-2. The van der Waals surface area contributed by atoms with Gasteiger partial charge in [0.2, 0.25) is 0 Å². The highest BCUT2D eigenvalue weighted by Gasteiger charge is 2.44. The molecule has 0 aromatic heterocycles. The normalized spacial score (nSPS) is 14.5. The molecular formula is C16H13F2NO2. The van der Waals surface area contributed by atoms with Crippen LogP contribution in [0.15, 0.2) is 42.5 Å². The molecule has 0 unspecified atom stereocenters. The van der Waals surface area contributed by atoms with Crippen LogP contribution in [0.5, 0.6) is 0 Å². The van der Waals surface area contributed by atoms with Crippen LogP contribution in [-0.4, -0.2) is 25.1 Å². The maximum absolute atomic E-state index is 14.5. The molecule has 5 heteroatoms. The van der Waals surface area contributed by atoms with E-state index in [-0.39, 0.29) is 16.7 Å². The van der Waals surface area contributed by atoms with Gasteiger partial charge in [0.25, 0.3) is 11.8 Å². The summed E-state index contributed by atoms with van der Waals surface area (Å²) >= 11 is 0. The van der Waals surface area contributed by atoms with Crippen molar-refractivity contribution in [3.05, 3.63) is 59.2 Å². The highest BCUT2D eigenvalue weighted by atomic mass is 19.3. The van der Waals surface area contributed by atoms with E-state index in [1.165, 1.54) is 32.4 Å². The number of halogens is 2. The van der Waals surface area contributed by atoms with Gasteiger partial charge in [0, 0.05) is 23.7 Å². The summed E-state index contributed by atoms with van der Waals surface area (Å²) in [7, 11) is 2.78. The number of benzene rings is 2. The largest absolute Gasteiger partial charge is 0.299 e. The lowest BCUT2D eigenvalue weighted by Gasteiger charge is -2.16. The molecule has 1 aliphatic rings. The number of carbonyl (C=O) groups is 1. The Morgan fingerprint density at radius 3 is 2.48 bits per heavy atom. The number of hydrogen-bond acceptors (Lipinski definition) is 2. The second-order valence-electron chi connectivity index (χ2n) is 4.87. The Hall–Kier alpha value is -2.27. The maximum atomic E-state index is 14.5. The molecule has 0 spiro atoms. The summed E-state index contributed by atoms with van der Waals surface area (Å²) < 4.78 is 29.0. The number of nitrogens with zero attached hydrogens (tertiary/aromatic N) is 1. The monoisotopic (exact) mass is 289 g/mol. The molecule has 0 radical (unpaired) electrons. The average molecular weight is 289 g/mol. The molecule has 108 valence electrons. The van der Waals surface area contributed by atoms with Crippen molar-refractivity contribution >= 4 is 5.91 Å². The molecule has 1 amide bonds. The number of hydroxylamine groups is 2. The number of carbonyl (C=O) groups excluding carboxylic acids is 1. The topological polar surface area (TPSA) is 29.5 Å². The van der Waals surface area contributed by atoms with Crippen LogP contribution in [0, 0.1) is 0 Å². The number of amides is 1. The fourth-order valence-corrected chi connectivity index (χ4v) is 2.57. The van der Waals surface area contributed by atoms with Gasteiger partial charge in [-0.05, 0) is 23.3 Å². The number of hydrogen-bond donors (Lipinski definition) is 0. The fraction of sp³-hybridized carbons (Fsp3) is 0.188. The lowest BCUT2D eigenvalue weighted by atomic mass is 10.0. The Labute approximate surface area is 120 Å². The summed E-state index contributed by atoms with van der Waals surface area (Å²) in [5, 5.41) is 1.00. The van der Waals surface area contributed by atoms with Crippen molar-refractivity contribution in [1.82, 2.24) is 5.06 Å². The highest BCUT2D eigenvalue weighted by molar-refractivity contribution is 5.95. The van der Waals surface area contributed by atoms with E-state index in [9.17, 15) is 13.6 Å². The quantitative estimate of drug-likeness (QED) is 0.793. The second-order valence-corrected chi connectivity index (χ2v) is 4.87. The minimum atomic E-state index is -3.09. The van der Waals surface area contributed by atoms with Crippen LogP contribution in [0.4, 0.5) is 8.78 Å². The lowest BCUT2D eigenvalue weighted by molar-refractivity contribution is -0.0757. The molecule has 0 saturated heterocycles. The van der Waals surface area contributed by atoms with Crippen LogP contribution >= 0.6 is 0 Å². The average Bonchev–Trinajstić information content (AvgIpc) is 2.74. The summed E-state index contributed by atoms with van der Waals surface area (Å²) in [6, 6.07) is 10.7. The van der Waals surface area contributed by atoms with E-state index in [2.05, 4.69) is 0 Å². The molecule has 3 rings (SSSR count). The van der Waals surface area contributed by atoms with Crippen molar-refractivity contribution in [1.29, 1.82) is 0 Å². The molecule has 3 nitrogen and oxygen atoms in total. The van der Waals surface area contributed by atoms with Crippen molar-refractivity contribution < 1.29 is 18.4 Å². The van der Waals surface area contributed by atoms with Gasteiger partial charge in [-0.2, -0.15) is 8.78 Å².